The predicted octanol–water partition coefficient (Wildman–Crippen LogP) is 11.1. The number of aromatic nitrogens is 3. The lowest BCUT2D eigenvalue weighted by Crippen LogP contribution is -2.30. The molecule has 8 aromatic rings. The van der Waals surface area contributed by atoms with Crippen LogP contribution in [-0.2, 0) is 7.05 Å². The van der Waals surface area contributed by atoms with E-state index in [0.717, 1.165) is 55.3 Å². The third kappa shape index (κ3) is 4.42. The van der Waals surface area contributed by atoms with Crippen molar-refractivity contribution in [2.45, 2.75) is 53.3 Å². The molecule has 0 saturated heterocycles. The summed E-state index contributed by atoms with van der Waals surface area (Å²) in [7, 11) is 2.14. The first-order chi connectivity index (χ1) is 24.0. The molecule has 0 unspecified atom stereocenters. The Morgan fingerprint density at radius 3 is 2.15 bits per heavy atom. The molecule has 47 heavy (non-hydrogen) atoms. The largest absolute Gasteiger partial charge is 0.454 e. The van der Waals surface area contributed by atoms with Crippen molar-refractivity contribution in [3.05, 3.63) is 126 Å². The maximum absolute atomic E-state index is 8.32. The van der Waals surface area contributed by atoms with Crippen LogP contribution in [0.15, 0.2) is 108 Å². The van der Waals surface area contributed by atoms with Crippen LogP contribution in [0.1, 0.15) is 66.0 Å². The van der Waals surface area contributed by atoms with E-state index in [4.69, 9.17) is 13.5 Å². The van der Waals surface area contributed by atoms with Gasteiger partial charge in [-0.05, 0) is 67.1 Å². The Kier molecular flexibility index (Phi) is 6.04. The summed E-state index contributed by atoms with van der Waals surface area (Å²) in [6.07, 6.45) is 0. The van der Waals surface area contributed by atoms with E-state index in [2.05, 4.69) is 105 Å². The minimum atomic E-state index is -2.38. The number of imidazole rings is 1. The zero-order chi connectivity index (χ0) is 35.1. The van der Waals surface area contributed by atoms with Crippen LogP contribution in [0.5, 0.6) is 0 Å². The number of pyridine rings is 1. The molecule has 0 aliphatic carbocycles. The van der Waals surface area contributed by atoms with Crippen molar-refractivity contribution >= 4 is 43.9 Å². The molecule has 0 aliphatic heterocycles. The van der Waals surface area contributed by atoms with E-state index in [1.54, 1.807) is 0 Å². The molecule has 0 fully saturated rings. The topological polar surface area (TPSA) is 34.8 Å². The molecule has 5 aromatic carbocycles. The first-order valence-corrected chi connectivity index (χ1v) is 16.4. The number of fused-ring (bicyclic) bond motifs is 6. The van der Waals surface area contributed by atoms with E-state index < -0.39 is 6.85 Å². The van der Waals surface area contributed by atoms with Crippen LogP contribution in [0, 0.1) is 13.8 Å². The van der Waals surface area contributed by atoms with Crippen LogP contribution in [0.4, 0.5) is 0 Å². The molecule has 0 atom stereocenters. The van der Waals surface area contributed by atoms with Gasteiger partial charge in [0, 0.05) is 42.7 Å². The number of hydrogen-bond donors (Lipinski definition) is 0. The number of hydrogen-bond acceptors (Lipinski definition) is 2. The molecule has 4 nitrogen and oxygen atoms in total. The molecule has 8 rings (SSSR count). The monoisotopic (exact) mass is 617 g/mol. The van der Waals surface area contributed by atoms with E-state index in [9.17, 15) is 0 Å². The van der Waals surface area contributed by atoms with E-state index >= 15 is 0 Å². The summed E-state index contributed by atoms with van der Waals surface area (Å²) in [5.74, 6) is 1.66. The first-order valence-electron chi connectivity index (χ1n) is 17.9. The SMILES string of the molecule is [2H]C([2H])([2H])c1nc2ccc3c4ccc(C)c(-c5n(-c6c(C(C)C)cccc6C(C)C)c6ccccc6[n+]5C)c4oc3c2cc1-c1ccccc1. The Balaban J connectivity index is 1.50. The minimum Gasteiger partial charge on any atom is -0.454 e. The molecule has 0 amide bonds. The Morgan fingerprint density at radius 2 is 1.43 bits per heavy atom. The third-order valence-corrected chi connectivity index (χ3v) is 9.70. The van der Waals surface area contributed by atoms with Crippen LogP contribution in [0.3, 0.4) is 0 Å². The second kappa shape index (κ2) is 10.9. The van der Waals surface area contributed by atoms with Crippen molar-refractivity contribution in [3.63, 3.8) is 0 Å². The highest BCUT2D eigenvalue weighted by molar-refractivity contribution is 6.17. The zero-order valence-electron chi connectivity index (χ0n) is 30.7. The van der Waals surface area contributed by atoms with Gasteiger partial charge in [0.25, 0.3) is 5.82 Å². The molecule has 0 spiro atoms. The predicted molar refractivity (Wildman–Crippen MR) is 196 cm³/mol. The fourth-order valence-electron chi connectivity index (χ4n) is 7.35. The lowest BCUT2D eigenvalue weighted by atomic mass is 9.92. The van der Waals surface area contributed by atoms with Crippen LogP contribution < -0.4 is 4.57 Å². The van der Waals surface area contributed by atoms with Crippen LogP contribution >= 0.6 is 0 Å². The maximum atomic E-state index is 8.32. The quantitative estimate of drug-likeness (QED) is 0.180. The number of rotatable bonds is 5. The standard InChI is InChI=1S/C43H40N3O/c1-25(2)30-16-13-17-31(26(3)4)40(30)46-38-19-12-11-18-37(38)45(7)43(46)39-27(5)20-21-33-32-22-23-36-35(41(32)47-42(33)39)24-34(28(6)44-36)29-14-9-8-10-15-29/h8-26H,1-7H3/q+1/i6D3. The Hall–Kier alpha value is -5.22. The molecule has 0 bridgehead atoms. The van der Waals surface area contributed by atoms with Gasteiger partial charge in [0.05, 0.1) is 12.6 Å². The molecular formula is C43H40N3O+. The third-order valence-electron chi connectivity index (χ3n) is 9.70. The Morgan fingerprint density at radius 1 is 0.745 bits per heavy atom. The fourth-order valence-corrected chi connectivity index (χ4v) is 7.35. The van der Waals surface area contributed by atoms with Crippen molar-refractivity contribution in [3.8, 4) is 28.2 Å². The summed E-state index contributed by atoms with van der Waals surface area (Å²) in [5.41, 5.74) is 11.7. The van der Waals surface area contributed by atoms with Crippen LogP contribution in [0.2, 0.25) is 0 Å². The number of nitrogens with zero attached hydrogens (tertiary/aromatic N) is 3. The zero-order valence-corrected chi connectivity index (χ0v) is 27.7. The van der Waals surface area contributed by atoms with Gasteiger partial charge in [0.15, 0.2) is 16.6 Å². The normalized spacial score (nSPS) is 13.3. The maximum Gasteiger partial charge on any atom is 0.299 e. The van der Waals surface area contributed by atoms with E-state index in [1.165, 1.54) is 16.8 Å². The summed E-state index contributed by atoms with van der Waals surface area (Å²) in [4.78, 5) is 4.76. The van der Waals surface area contributed by atoms with Gasteiger partial charge < -0.3 is 4.42 Å². The Bertz CT molecular complexity index is 2580. The van der Waals surface area contributed by atoms with Gasteiger partial charge in [-0.15, -0.1) is 0 Å². The second-order valence-corrected chi connectivity index (χ2v) is 13.3. The molecule has 0 saturated carbocycles. The minimum absolute atomic E-state index is 0.0875. The van der Waals surface area contributed by atoms with Crippen molar-refractivity contribution in [2.75, 3.05) is 0 Å². The van der Waals surface area contributed by atoms with Crippen LogP contribution in [0.25, 0.3) is 72.1 Å². The van der Waals surface area contributed by atoms with Gasteiger partial charge in [-0.2, -0.15) is 4.57 Å². The fraction of sp³-hybridized carbons (Fsp3) is 0.209. The first kappa shape index (κ1) is 25.9. The van der Waals surface area contributed by atoms with E-state index in [1.807, 2.05) is 48.5 Å². The number of aryl methyl sites for hydroxylation is 3. The van der Waals surface area contributed by atoms with Gasteiger partial charge in [-0.1, -0.05) is 100 Å². The average molecular weight is 618 g/mol. The van der Waals surface area contributed by atoms with Crippen molar-refractivity contribution < 1.29 is 13.1 Å². The summed E-state index contributed by atoms with van der Waals surface area (Å²) in [5, 5.41) is 2.75. The summed E-state index contributed by atoms with van der Waals surface area (Å²) < 4.78 is 36.7. The summed E-state index contributed by atoms with van der Waals surface area (Å²) in [6.45, 7) is 8.83. The van der Waals surface area contributed by atoms with Gasteiger partial charge in [-0.3, -0.25) is 4.98 Å². The number of benzene rings is 5. The molecule has 232 valence electrons. The molecule has 3 heterocycles. The molecule has 3 aromatic heterocycles. The van der Waals surface area contributed by atoms with E-state index in [0.29, 0.717) is 28.5 Å². The molecule has 0 aliphatic rings. The van der Waals surface area contributed by atoms with Crippen molar-refractivity contribution in [1.82, 2.24) is 9.55 Å². The smallest absolute Gasteiger partial charge is 0.299 e. The number of furan rings is 1. The molecule has 4 heteroatoms. The molecule has 0 radical (unpaired) electrons. The van der Waals surface area contributed by atoms with Crippen molar-refractivity contribution in [2.24, 2.45) is 7.05 Å². The van der Waals surface area contributed by atoms with Crippen LogP contribution in [-0.4, -0.2) is 9.55 Å². The Labute approximate surface area is 280 Å². The van der Waals surface area contributed by atoms with Crippen molar-refractivity contribution in [1.29, 1.82) is 0 Å². The highest BCUT2D eigenvalue weighted by Gasteiger charge is 2.33. The highest BCUT2D eigenvalue weighted by atomic mass is 16.3. The second-order valence-electron chi connectivity index (χ2n) is 13.3. The summed E-state index contributed by atoms with van der Waals surface area (Å²) >= 11 is 0. The lowest BCUT2D eigenvalue weighted by Gasteiger charge is -2.18. The molecular weight excluding hydrogens is 574 g/mol. The van der Waals surface area contributed by atoms with E-state index in [-0.39, 0.29) is 5.69 Å². The van der Waals surface area contributed by atoms with Gasteiger partial charge in [0.2, 0.25) is 0 Å². The lowest BCUT2D eigenvalue weighted by molar-refractivity contribution is -0.633. The molecule has 0 N–H and O–H groups in total. The number of para-hydroxylation sites is 3. The summed E-state index contributed by atoms with van der Waals surface area (Å²) in [6, 6.07) is 35.1. The average Bonchev–Trinajstić information content (AvgIpc) is 3.62. The van der Waals surface area contributed by atoms with Gasteiger partial charge >= 0.3 is 0 Å². The van der Waals surface area contributed by atoms with Gasteiger partial charge in [-0.25, -0.2) is 4.57 Å². The highest BCUT2D eigenvalue weighted by Crippen LogP contribution is 2.43. The van der Waals surface area contributed by atoms with Gasteiger partial charge in [0.1, 0.15) is 16.8 Å².